The van der Waals surface area contributed by atoms with E-state index in [4.69, 9.17) is 4.74 Å². The minimum Gasteiger partial charge on any atom is -0.494 e. The Bertz CT molecular complexity index is 998. The highest BCUT2D eigenvalue weighted by atomic mass is 32.2. The highest BCUT2D eigenvalue weighted by molar-refractivity contribution is 7.92. The van der Waals surface area contributed by atoms with Crippen molar-refractivity contribution in [1.29, 1.82) is 0 Å². The highest BCUT2D eigenvalue weighted by Gasteiger charge is 2.39. The Morgan fingerprint density at radius 3 is 2.54 bits per heavy atom. The van der Waals surface area contributed by atoms with Gasteiger partial charge in [0.15, 0.2) is 0 Å². The molecular weight excluding hydrogens is 376 g/mol. The molecule has 1 fully saturated rings. The van der Waals surface area contributed by atoms with Crippen molar-refractivity contribution in [1.82, 2.24) is 0 Å². The van der Waals surface area contributed by atoms with E-state index in [-0.39, 0.29) is 22.8 Å². The van der Waals surface area contributed by atoms with Crippen molar-refractivity contribution in [3.63, 3.8) is 0 Å². The smallest absolute Gasteiger partial charge is 0.261 e. The first-order chi connectivity index (χ1) is 13.4. The number of anilines is 2. The molecule has 1 amide bonds. The number of rotatable bonds is 6. The van der Waals surface area contributed by atoms with Crippen LogP contribution in [0.3, 0.4) is 0 Å². The number of carbonyl (C=O) groups excluding carboxylic acids is 1. The fraction of sp³-hybridized carbons (Fsp3) is 0.381. The number of sulfonamides is 1. The number of ether oxygens (including phenoxy) is 1. The summed E-state index contributed by atoms with van der Waals surface area (Å²) in [6, 6.07) is 11.9. The Kier molecular flexibility index (Phi) is 4.79. The molecular formula is C21H24N2O4S. The summed E-state index contributed by atoms with van der Waals surface area (Å²) >= 11 is 0. The van der Waals surface area contributed by atoms with Gasteiger partial charge in [0.25, 0.3) is 10.0 Å². The zero-order chi connectivity index (χ0) is 19.9. The highest BCUT2D eigenvalue weighted by Crippen LogP contribution is 2.39. The first kappa shape index (κ1) is 18.8. The second kappa shape index (κ2) is 7.13. The summed E-state index contributed by atoms with van der Waals surface area (Å²) in [5, 5.41) is 0. The van der Waals surface area contributed by atoms with Gasteiger partial charge in [0.2, 0.25) is 5.91 Å². The van der Waals surface area contributed by atoms with Crippen LogP contribution in [0.5, 0.6) is 5.75 Å². The second-order valence-electron chi connectivity index (χ2n) is 7.39. The van der Waals surface area contributed by atoms with Gasteiger partial charge in [-0.05, 0) is 81.1 Å². The zero-order valence-electron chi connectivity index (χ0n) is 16.0. The Hall–Kier alpha value is -2.54. The van der Waals surface area contributed by atoms with Crippen molar-refractivity contribution >= 4 is 27.3 Å². The lowest BCUT2D eigenvalue weighted by Crippen LogP contribution is -2.36. The molecule has 1 atom stereocenters. The van der Waals surface area contributed by atoms with Gasteiger partial charge in [-0.2, -0.15) is 0 Å². The Morgan fingerprint density at radius 2 is 1.89 bits per heavy atom. The molecule has 148 valence electrons. The molecule has 7 heteroatoms. The van der Waals surface area contributed by atoms with Gasteiger partial charge in [0.05, 0.1) is 11.5 Å². The van der Waals surface area contributed by atoms with E-state index in [0.29, 0.717) is 24.5 Å². The van der Waals surface area contributed by atoms with Gasteiger partial charge >= 0.3 is 0 Å². The van der Waals surface area contributed by atoms with Gasteiger partial charge in [-0.1, -0.05) is 0 Å². The summed E-state index contributed by atoms with van der Waals surface area (Å²) in [5.74, 6) is 0.991. The van der Waals surface area contributed by atoms with Crippen molar-refractivity contribution in [2.24, 2.45) is 5.92 Å². The predicted octanol–water partition coefficient (Wildman–Crippen LogP) is 3.57. The maximum atomic E-state index is 12.8. The normalized spacial score (nSPS) is 18.6. The summed E-state index contributed by atoms with van der Waals surface area (Å²) in [7, 11) is -3.71. The van der Waals surface area contributed by atoms with Crippen LogP contribution in [-0.4, -0.2) is 27.0 Å². The van der Waals surface area contributed by atoms with Gasteiger partial charge < -0.3 is 9.64 Å². The first-order valence-corrected chi connectivity index (χ1v) is 11.1. The molecule has 1 N–H and O–H groups in total. The van der Waals surface area contributed by atoms with Crippen LogP contribution in [0.4, 0.5) is 11.4 Å². The lowest BCUT2D eigenvalue weighted by atomic mass is 10.1. The molecule has 28 heavy (non-hydrogen) atoms. The molecule has 2 aromatic carbocycles. The number of hydrogen-bond donors (Lipinski definition) is 1. The molecule has 2 aliphatic rings. The van der Waals surface area contributed by atoms with Crippen LogP contribution in [0.25, 0.3) is 0 Å². The van der Waals surface area contributed by atoms with Crippen LogP contribution < -0.4 is 14.4 Å². The molecule has 1 saturated carbocycles. The zero-order valence-corrected chi connectivity index (χ0v) is 16.8. The van der Waals surface area contributed by atoms with Gasteiger partial charge in [-0.25, -0.2) is 8.42 Å². The van der Waals surface area contributed by atoms with Crippen LogP contribution in [0, 0.1) is 5.92 Å². The van der Waals surface area contributed by atoms with E-state index in [0.717, 1.165) is 24.1 Å². The monoisotopic (exact) mass is 400 g/mol. The van der Waals surface area contributed by atoms with Gasteiger partial charge in [0, 0.05) is 23.3 Å². The number of fused-ring (bicyclic) bond motifs is 1. The van der Waals surface area contributed by atoms with Crippen LogP contribution >= 0.6 is 0 Å². The van der Waals surface area contributed by atoms with E-state index in [2.05, 4.69) is 4.72 Å². The topological polar surface area (TPSA) is 75.7 Å². The van der Waals surface area contributed by atoms with E-state index >= 15 is 0 Å². The molecule has 2 aromatic rings. The SMILES string of the molecule is CCOc1ccc(NS(=O)(=O)c2ccc3c(c2)CC(C)N3C(=O)C2CC2)cc1. The van der Waals surface area contributed by atoms with E-state index in [1.807, 2.05) is 18.7 Å². The maximum Gasteiger partial charge on any atom is 0.261 e. The first-order valence-electron chi connectivity index (χ1n) is 9.60. The summed E-state index contributed by atoms with van der Waals surface area (Å²) < 4.78 is 33.6. The van der Waals surface area contributed by atoms with E-state index in [1.165, 1.54) is 0 Å². The molecule has 1 aliphatic carbocycles. The van der Waals surface area contributed by atoms with Gasteiger partial charge in [0.1, 0.15) is 5.75 Å². The minimum absolute atomic E-state index is 0.0557. The Morgan fingerprint density at radius 1 is 1.18 bits per heavy atom. The molecule has 1 heterocycles. The molecule has 0 saturated heterocycles. The third-order valence-electron chi connectivity index (χ3n) is 5.16. The van der Waals surface area contributed by atoms with Crippen molar-refractivity contribution in [2.75, 3.05) is 16.2 Å². The number of nitrogens with zero attached hydrogens (tertiary/aromatic N) is 1. The number of amides is 1. The number of nitrogens with one attached hydrogen (secondary N) is 1. The lowest BCUT2D eigenvalue weighted by Gasteiger charge is -2.22. The van der Waals surface area contributed by atoms with Crippen LogP contribution in [-0.2, 0) is 21.2 Å². The lowest BCUT2D eigenvalue weighted by molar-refractivity contribution is -0.120. The molecule has 0 spiro atoms. The summed E-state index contributed by atoms with van der Waals surface area (Å²) in [4.78, 5) is 14.6. The van der Waals surface area contributed by atoms with Crippen molar-refractivity contribution in [2.45, 2.75) is 44.0 Å². The van der Waals surface area contributed by atoms with Gasteiger partial charge in [-0.3, -0.25) is 9.52 Å². The summed E-state index contributed by atoms with van der Waals surface area (Å²) in [5.41, 5.74) is 2.21. The average molecular weight is 401 g/mol. The average Bonchev–Trinajstić information content (AvgIpc) is 3.45. The van der Waals surface area contributed by atoms with E-state index in [9.17, 15) is 13.2 Å². The largest absolute Gasteiger partial charge is 0.494 e. The molecule has 0 aromatic heterocycles. The standard InChI is InChI=1S/C21H24N2O4S/c1-3-27-18-8-6-17(7-9-18)22-28(25,26)19-10-11-20-16(13-19)12-14(2)23(20)21(24)15-4-5-15/h6-11,13-15,22H,3-5,12H2,1-2H3. The number of benzene rings is 2. The van der Waals surface area contributed by atoms with E-state index < -0.39 is 10.0 Å². The quantitative estimate of drug-likeness (QED) is 0.804. The third-order valence-corrected chi connectivity index (χ3v) is 6.54. The predicted molar refractivity (Wildman–Crippen MR) is 108 cm³/mol. The molecule has 1 unspecified atom stereocenters. The molecule has 6 nitrogen and oxygen atoms in total. The number of hydrogen-bond acceptors (Lipinski definition) is 4. The fourth-order valence-electron chi connectivity index (χ4n) is 3.64. The Balaban J connectivity index is 1.56. The molecule has 0 radical (unpaired) electrons. The van der Waals surface area contributed by atoms with Crippen LogP contribution in [0.15, 0.2) is 47.4 Å². The molecule has 4 rings (SSSR count). The van der Waals surface area contributed by atoms with Crippen LogP contribution in [0.1, 0.15) is 32.3 Å². The summed E-state index contributed by atoms with van der Waals surface area (Å²) in [6.07, 6.45) is 2.58. The van der Waals surface area contributed by atoms with E-state index in [1.54, 1.807) is 42.5 Å². The molecule has 1 aliphatic heterocycles. The van der Waals surface area contributed by atoms with Crippen LogP contribution in [0.2, 0.25) is 0 Å². The van der Waals surface area contributed by atoms with Crippen molar-refractivity contribution in [3.8, 4) is 5.75 Å². The maximum absolute atomic E-state index is 12.8. The second-order valence-corrected chi connectivity index (χ2v) is 9.07. The third kappa shape index (κ3) is 3.58. The fourth-order valence-corrected chi connectivity index (χ4v) is 4.75. The summed E-state index contributed by atoms with van der Waals surface area (Å²) in [6.45, 7) is 4.45. The van der Waals surface area contributed by atoms with Crippen molar-refractivity contribution < 1.29 is 17.9 Å². The Labute approximate surface area is 165 Å². The van der Waals surface area contributed by atoms with Crippen molar-refractivity contribution in [3.05, 3.63) is 48.0 Å². The molecule has 0 bridgehead atoms. The van der Waals surface area contributed by atoms with Gasteiger partial charge in [-0.15, -0.1) is 0 Å². The minimum atomic E-state index is -3.71. The number of carbonyl (C=O) groups is 1.